The SMILES string of the molecule is COC[C@H]1CCCN1CCO. The average Bonchev–Trinajstić information content (AvgIpc) is 2.39. The Hall–Kier alpha value is -0.120. The fourth-order valence-corrected chi connectivity index (χ4v) is 1.70. The van der Waals surface area contributed by atoms with E-state index in [-0.39, 0.29) is 6.61 Å². The first-order valence-corrected chi connectivity index (χ1v) is 4.22. The van der Waals surface area contributed by atoms with Crippen molar-refractivity contribution in [2.24, 2.45) is 0 Å². The molecular weight excluding hydrogens is 142 g/mol. The molecule has 0 spiro atoms. The van der Waals surface area contributed by atoms with Crippen molar-refractivity contribution in [2.45, 2.75) is 18.9 Å². The van der Waals surface area contributed by atoms with Gasteiger partial charge in [-0.25, -0.2) is 0 Å². The number of β-amino-alcohol motifs (C(OH)–C–C–N with tert-alkyl or cyclic N) is 1. The monoisotopic (exact) mass is 159 g/mol. The number of aliphatic hydroxyl groups is 1. The largest absolute Gasteiger partial charge is 0.395 e. The molecule has 0 bridgehead atoms. The molecule has 66 valence electrons. The maximum Gasteiger partial charge on any atom is 0.0618 e. The summed E-state index contributed by atoms with van der Waals surface area (Å²) in [6.45, 7) is 2.99. The number of hydrogen-bond donors (Lipinski definition) is 1. The molecule has 0 aliphatic carbocycles. The highest BCUT2D eigenvalue weighted by Crippen LogP contribution is 2.16. The third kappa shape index (κ3) is 2.43. The Labute approximate surface area is 68.0 Å². The molecule has 0 aromatic heterocycles. The fourth-order valence-electron chi connectivity index (χ4n) is 1.70. The molecule has 0 radical (unpaired) electrons. The van der Waals surface area contributed by atoms with Gasteiger partial charge in [-0.1, -0.05) is 0 Å². The van der Waals surface area contributed by atoms with E-state index in [0.717, 1.165) is 19.7 Å². The van der Waals surface area contributed by atoms with Crippen LogP contribution in [0.15, 0.2) is 0 Å². The first kappa shape index (κ1) is 8.97. The Kier molecular flexibility index (Phi) is 3.83. The van der Waals surface area contributed by atoms with Crippen LogP contribution >= 0.6 is 0 Å². The van der Waals surface area contributed by atoms with Gasteiger partial charge in [0.2, 0.25) is 0 Å². The lowest BCUT2D eigenvalue weighted by atomic mass is 10.2. The normalized spacial score (nSPS) is 26.2. The number of ether oxygens (including phenoxy) is 1. The van der Waals surface area contributed by atoms with Crippen LogP contribution in [0.5, 0.6) is 0 Å². The van der Waals surface area contributed by atoms with E-state index in [2.05, 4.69) is 4.90 Å². The molecule has 1 saturated heterocycles. The summed E-state index contributed by atoms with van der Waals surface area (Å²) in [6, 6.07) is 0.548. The molecule has 0 saturated carbocycles. The quantitative estimate of drug-likeness (QED) is 0.631. The van der Waals surface area contributed by atoms with Crippen LogP contribution < -0.4 is 0 Å². The number of methoxy groups -OCH3 is 1. The molecule has 3 nitrogen and oxygen atoms in total. The minimum Gasteiger partial charge on any atom is -0.395 e. The molecule has 0 amide bonds. The van der Waals surface area contributed by atoms with E-state index < -0.39 is 0 Å². The Morgan fingerprint density at radius 2 is 2.45 bits per heavy atom. The van der Waals surface area contributed by atoms with Crippen molar-refractivity contribution in [3.05, 3.63) is 0 Å². The molecule has 0 aromatic carbocycles. The van der Waals surface area contributed by atoms with E-state index in [1.54, 1.807) is 7.11 Å². The maximum atomic E-state index is 8.73. The lowest BCUT2D eigenvalue weighted by molar-refractivity contribution is 0.102. The predicted octanol–water partition coefficient (Wildman–Crippen LogP) is 0.0895. The van der Waals surface area contributed by atoms with Gasteiger partial charge in [-0.2, -0.15) is 0 Å². The first-order valence-electron chi connectivity index (χ1n) is 4.22. The summed E-state index contributed by atoms with van der Waals surface area (Å²) in [7, 11) is 1.73. The summed E-state index contributed by atoms with van der Waals surface area (Å²) >= 11 is 0. The number of nitrogens with zero attached hydrogens (tertiary/aromatic N) is 1. The molecule has 1 rings (SSSR count). The zero-order chi connectivity index (χ0) is 8.10. The van der Waals surface area contributed by atoms with Crippen LogP contribution in [0, 0.1) is 0 Å². The Morgan fingerprint density at radius 3 is 3.09 bits per heavy atom. The summed E-state index contributed by atoms with van der Waals surface area (Å²) < 4.78 is 5.08. The van der Waals surface area contributed by atoms with Gasteiger partial charge < -0.3 is 9.84 Å². The van der Waals surface area contributed by atoms with Gasteiger partial charge in [-0.3, -0.25) is 4.90 Å². The Morgan fingerprint density at radius 1 is 1.64 bits per heavy atom. The third-order valence-corrected chi connectivity index (χ3v) is 2.25. The lowest BCUT2D eigenvalue weighted by Crippen LogP contribution is -2.34. The molecule has 0 aromatic rings. The average molecular weight is 159 g/mol. The lowest BCUT2D eigenvalue weighted by Gasteiger charge is -2.22. The highest BCUT2D eigenvalue weighted by atomic mass is 16.5. The molecule has 1 N–H and O–H groups in total. The molecule has 1 heterocycles. The van der Waals surface area contributed by atoms with E-state index in [1.165, 1.54) is 12.8 Å². The van der Waals surface area contributed by atoms with Gasteiger partial charge >= 0.3 is 0 Å². The second-order valence-corrected chi connectivity index (χ2v) is 3.01. The Bertz CT molecular complexity index is 96.3. The van der Waals surface area contributed by atoms with Crippen LogP contribution in [0.4, 0.5) is 0 Å². The summed E-state index contributed by atoms with van der Waals surface area (Å²) in [5.74, 6) is 0. The zero-order valence-corrected chi connectivity index (χ0v) is 7.12. The predicted molar refractivity (Wildman–Crippen MR) is 43.6 cm³/mol. The number of rotatable bonds is 4. The van der Waals surface area contributed by atoms with Crippen molar-refractivity contribution in [2.75, 3.05) is 33.4 Å². The summed E-state index contributed by atoms with van der Waals surface area (Å²) in [5, 5.41) is 8.73. The molecule has 1 aliphatic rings. The van der Waals surface area contributed by atoms with Crippen LogP contribution in [-0.2, 0) is 4.74 Å². The number of aliphatic hydroxyl groups excluding tert-OH is 1. The van der Waals surface area contributed by atoms with Gasteiger partial charge in [0, 0.05) is 19.7 Å². The van der Waals surface area contributed by atoms with Gasteiger partial charge in [-0.05, 0) is 19.4 Å². The molecule has 3 heteroatoms. The van der Waals surface area contributed by atoms with Crippen LogP contribution in [-0.4, -0.2) is 49.5 Å². The minimum absolute atomic E-state index is 0.264. The van der Waals surface area contributed by atoms with Crippen molar-refractivity contribution in [3.8, 4) is 0 Å². The van der Waals surface area contributed by atoms with E-state index in [1.807, 2.05) is 0 Å². The van der Waals surface area contributed by atoms with Crippen molar-refractivity contribution in [1.29, 1.82) is 0 Å². The van der Waals surface area contributed by atoms with Crippen LogP contribution in [0.3, 0.4) is 0 Å². The van der Waals surface area contributed by atoms with Gasteiger partial charge in [-0.15, -0.1) is 0 Å². The van der Waals surface area contributed by atoms with E-state index >= 15 is 0 Å². The van der Waals surface area contributed by atoms with E-state index in [0.29, 0.717) is 6.04 Å². The van der Waals surface area contributed by atoms with Crippen LogP contribution in [0.2, 0.25) is 0 Å². The van der Waals surface area contributed by atoms with Crippen molar-refractivity contribution in [1.82, 2.24) is 4.90 Å². The van der Waals surface area contributed by atoms with E-state index in [4.69, 9.17) is 9.84 Å². The second-order valence-electron chi connectivity index (χ2n) is 3.01. The van der Waals surface area contributed by atoms with E-state index in [9.17, 15) is 0 Å². The van der Waals surface area contributed by atoms with Gasteiger partial charge in [0.15, 0.2) is 0 Å². The molecule has 0 unspecified atom stereocenters. The topological polar surface area (TPSA) is 32.7 Å². The highest BCUT2D eigenvalue weighted by molar-refractivity contribution is 4.78. The molecule has 1 aliphatic heterocycles. The highest BCUT2D eigenvalue weighted by Gasteiger charge is 2.22. The van der Waals surface area contributed by atoms with Crippen molar-refractivity contribution >= 4 is 0 Å². The second kappa shape index (κ2) is 4.70. The molecular formula is C8H17NO2. The maximum absolute atomic E-state index is 8.73. The van der Waals surface area contributed by atoms with Gasteiger partial charge in [0.1, 0.15) is 0 Å². The van der Waals surface area contributed by atoms with Crippen molar-refractivity contribution in [3.63, 3.8) is 0 Å². The number of hydrogen-bond acceptors (Lipinski definition) is 3. The molecule has 1 fully saturated rings. The molecule has 1 atom stereocenters. The van der Waals surface area contributed by atoms with Crippen LogP contribution in [0.25, 0.3) is 0 Å². The smallest absolute Gasteiger partial charge is 0.0618 e. The molecule has 11 heavy (non-hydrogen) atoms. The standard InChI is InChI=1S/C8H17NO2/c1-11-7-8-3-2-4-9(8)5-6-10/h8,10H,2-7H2,1H3/t8-/m1/s1. The van der Waals surface area contributed by atoms with Gasteiger partial charge in [0.05, 0.1) is 13.2 Å². The third-order valence-electron chi connectivity index (χ3n) is 2.25. The fraction of sp³-hybridized carbons (Fsp3) is 1.00. The number of likely N-dealkylation sites (tertiary alicyclic amines) is 1. The summed E-state index contributed by atoms with van der Waals surface area (Å²) in [4.78, 5) is 2.30. The first-order chi connectivity index (χ1) is 5.38. The Balaban J connectivity index is 2.25. The van der Waals surface area contributed by atoms with Crippen LogP contribution in [0.1, 0.15) is 12.8 Å². The minimum atomic E-state index is 0.264. The summed E-state index contributed by atoms with van der Waals surface area (Å²) in [6.07, 6.45) is 2.46. The van der Waals surface area contributed by atoms with Crippen molar-refractivity contribution < 1.29 is 9.84 Å². The van der Waals surface area contributed by atoms with Gasteiger partial charge in [0.25, 0.3) is 0 Å². The zero-order valence-electron chi connectivity index (χ0n) is 7.12. The summed E-state index contributed by atoms with van der Waals surface area (Å²) in [5.41, 5.74) is 0.